The monoisotopic (exact) mass is 383 g/mol. The summed E-state index contributed by atoms with van der Waals surface area (Å²) in [6, 6.07) is 5.46. The van der Waals surface area contributed by atoms with Crippen LogP contribution in [0.5, 0.6) is 0 Å². The number of hydrogen-bond donors (Lipinski definition) is 3. The van der Waals surface area contributed by atoms with E-state index in [1.807, 2.05) is 13.8 Å². The van der Waals surface area contributed by atoms with Crippen LogP contribution in [0.3, 0.4) is 0 Å². The van der Waals surface area contributed by atoms with Crippen molar-refractivity contribution in [2.24, 2.45) is 5.41 Å². The molecule has 9 heteroatoms. The van der Waals surface area contributed by atoms with Crippen molar-refractivity contribution in [2.75, 3.05) is 5.32 Å². The SMILES string of the molecule is CC(C)(C)CC(C)(C)NNC(=O)Nc1nc(C(F)(F)F)nc2ccccc12. The average molecular weight is 383 g/mol. The van der Waals surface area contributed by atoms with E-state index in [4.69, 9.17) is 0 Å². The van der Waals surface area contributed by atoms with E-state index >= 15 is 0 Å². The number of carbonyl (C=O) groups is 1. The summed E-state index contributed by atoms with van der Waals surface area (Å²) >= 11 is 0. The first-order valence-electron chi connectivity index (χ1n) is 8.45. The van der Waals surface area contributed by atoms with Gasteiger partial charge in [0.05, 0.1) is 5.52 Å². The summed E-state index contributed by atoms with van der Waals surface area (Å²) in [6.07, 6.45) is -3.96. The lowest BCUT2D eigenvalue weighted by molar-refractivity contribution is -0.144. The molecule has 0 aliphatic heterocycles. The third kappa shape index (κ3) is 6.06. The Balaban J connectivity index is 2.19. The quantitative estimate of drug-likeness (QED) is 0.680. The fraction of sp³-hybridized carbons (Fsp3) is 0.500. The smallest absolute Gasteiger partial charge is 0.291 e. The van der Waals surface area contributed by atoms with Gasteiger partial charge in [0, 0.05) is 10.9 Å². The van der Waals surface area contributed by atoms with Crippen molar-refractivity contribution < 1.29 is 18.0 Å². The lowest BCUT2D eigenvalue weighted by Crippen LogP contribution is -2.53. The van der Waals surface area contributed by atoms with E-state index < -0.39 is 23.6 Å². The summed E-state index contributed by atoms with van der Waals surface area (Å²) in [5.41, 5.74) is 5.08. The maximum Gasteiger partial charge on any atom is 0.451 e. The standard InChI is InChI=1S/C18H24F3N5O/c1-16(2,3)10-17(4,5)26-25-15(27)24-13-11-8-6-7-9-12(11)22-14(23-13)18(19,20)21/h6-9,26H,10H2,1-5H3,(H2,22,23,24,25,27). The first-order valence-corrected chi connectivity index (χ1v) is 8.45. The van der Waals surface area contributed by atoms with Crippen LogP contribution in [-0.2, 0) is 6.18 Å². The summed E-state index contributed by atoms with van der Waals surface area (Å²) in [7, 11) is 0. The van der Waals surface area contributed by atoms with Gasteiger partial charge in [0.15, 0.2) is 0 Å². The Morgan fingerprint density at radius 1 is 1.04 bits per heavy atom. The normalized spacial score (nSPS) is 12.9. The summed E-state index contributed by atoms with van der Waals surface area (Å²) in [5.74, 6) is -1.52. The second kappa shape index (κ2) is 7.30. The van der Waals surface area contributed by atoms with Gasteiger partial charge in [-0.05, 0) is 37.8 Å². The molecule has 6 nitrogen and oxygen atoms in total. The van der Waals surface area contributed by atoms with E-state index in [9.17, 15) is 18.0 Å². The number of carbonyl (C=O) groups excluding carboxylic acids is 1. The van der Waals surface area contributed by atoms with Gasteiger partial charge in [-0.3, -0.25) is 10.7 Å². The number of hydrazine groups is 1. The van der Waals surface area contributed by atoms with Crippen molar-refractivity contribution in [1.29, 1.82) is 0 Å². The Morgan fingerprint density at radius 3 is 2.26 bits per heavy atom. The first kappa shape index (κ1) is 20.9. The minimum Gasteiger partial charge on any atom is -0.291 e. The number of benzene rings is 1. The van der Waals surface area contributed by atoms with Crippen molar-refractivity contribution in [2.45, 2.75) is 52.8 Å². The molecule has 0 saturated heterocycles. The highest BCUT2D eigenvalue weighted by Gasteiger charge is 2.35. The number of para-hydroxylation sites is 1. The van der Waals surface area contributed by atoms with Crippen LogP contribution < -0.4 is 16.2 Å². The van der Waals surface area contributed by atoms with E-state index in [1.54, 1.807) is 18.2 Å². The van der Waals surface area contributed by atoms with Crippen LogP contribution >= 0.6 is 0 Å². The predicted octanol–water partition coefficient (Wildman–Crippen LogP) is 4.49. The lowest BCUT2D eigenvalue weighted by atomic mass is 9.82. The zero-order chi connectivity index (χ0) is 20.5. The molecule has 0 radical (unpaired) electrons. The van der Waals surface area contributed by atoms with Gasteiger partial charge in [0.2, 0.25) is 5.82 Å². The first-order chi connectivity index (χ1) is 12.3. The van der Waals surface area contributed by atoms with Crippen LogP contribution in [0.2, 0.25) is 0 Å². The number of nitrogens with one attached hydrogen (secondary N) is 3. The third-order valence-corrected chi connectivity index (χ3v) is 3.58. The second-order valence-electron chi connectivity index (χ2n) is 8.24. The predicted molar refractivity (Wildman–Crippen MR) is 98.0 cm³/mol. The van der Waals surface area contributed by atoms with Crippen LogP contribution in [0, 0.1) is 5.41 Å². The molecule has 0 aliphatic carbocycles. The van der Waals surface area contributed by atoms with Gasteiger partial charge in [-0.25, -0.2) is 20.2 Å². The molecule has 148 valence electrons. The number of anilines is 1. The number of amides is 2. The number of fused-ring (bicyclic) bond motifs is 1. The van der Waals surface area contributed by atoms with Gasteiger partial charge >= 0.3 is 12.2 Å². The average Bonchev–Trinajstić information content (AvgIpc) is 2.50. The van der Waals surface area contributed by atoms with Gasteiger partial charge in [-0.15, -0.1) is 0 Å². The molecule has 1 aromatic heterocycles. The van der Waals surface area contributed by atoms with E-state index in [0.29, 0.717) is 5.39 Å². The van der Waals surface area contributed by atoms with Crippen molar-refractivity contribution in [3.05, 3.63) is 30.1 Å². The van der Waals surface area contributed by atoms with Crippen LogP contribution in [0.25, 0.3) is 10.9 Å². The van der Waals surface area contributed by atoms with Crippen LogP contribution in [0.15, 0.2) is 24.3 Å². The van der Waals surface area contributed by atoms with Crippen molar-refractivity contribution in [3.8, 4) is 0 Å². The minimum absolute atomic E-state index is 0.0269. The number of alkyl halides is 3. The zero-order valence-corrected chi connectivity index (χ0v) is 16.0. The number of halogens is 3. The van der Waals surface area contributed by atoms with E-state index in [-0.39, 0.29) is 16.7 Å². The molecule has 0 bridgehead atoms. The van der Waals surface area contributed by atoms with E-state index in [2.05, 4.69) is 46.9 Å². The number of urea groups is 1. The Hall–Kier alpha value is -2.42. The number of hydrogen-bond acceptors (Lipinski definition) is 4. The highest BCUT2D eigenvalue weighted by molar-refractivity contribution is 5.98. The van der Waals surface area contributed by atoms with Crippen LogP contribution in [-0.4, -0.2) is 21.5 Å². The molecule has 1 heterocycles. The topological polar surface area (TPSA) is 78.9 Å². The Kier molecular flexibility index (Phi) is 5.65. The van der Waals surface area contributed by atoms with Crippen LogP contribution in [0.4, 0.5) is 23.8 Å². The highest BCUT2D eigenvalue weighted by Crippen LogP contribution is 2.30. The molecule has 0 unspecified atom stereocenters. The van der Waals surface area contributed by atoms with Crippen molar-refractivity contribution in [3.63, 3.8) is 0 Å². The molecule has 2 amide bonds. The molecule has 2 rings (SSSR count). The van der Waals surface area contributed by atoms with E-state index in [0.717, 1.165) is 6.42 Å². The van der Waals surface area contributed by atoms with Gasteiger partial charge in [-0.2, -0.15) is 13.2 Å². The Morgan fingerprint density at radius 2 is 1.67 bits per heavy atom. The maximum absolute atomic E-state index is 13.0. The molecule has 0 spiro atoms. The minimum atomic E-state index is -4.72. The Labute approximate surface area is 155 Å². The number of nitrogens with zero attached hydrogens (tertiary/aromatic N) is 2. The number of rotatable bonds is 4. The molecular formula is C18H24F3N5O. The van der Waals surface area contributed by atoms with Gasteiger partial charge in [-0.1, -0.05) is 32.9 Å². The Bertz CT molecular complexity index is 828. The largest absolute Gasteiger partial charge is 0.451 e. The van der Waals surface area contributed by atoms with Gasteiger partial charge < -0.3 is 0 Å². The molecule has 27 heavy (non-hydrogen) atoms. The molecule has 1 aromatic carbocycles. The van der Waals surface area contributed by atoms with Gasteiger partial charge in [0.25, 0.3) is 0 Å². The summed E-state index contributed by atoms with van der Waals surface area (Å²) < 4.78 is 39.1. The van der Waals surface area contributed by atoms with Crippen molar-refractivity contribution >= 4 is 22.8 Å². The van der Waals surface area contributed by atoms with Gasteiger partial charge in [0.1, 0.15) is 5.82 Å². The molecular weight excluding hydrogens is 359 g/mol. The highest BCUT2D eigenvalue weighted by atomic mass is 19.4. The van der Waals surface area contributed by atoms with Crippen LogP contribution in [0.1, 0.15) is 46.9 Å². The molecule has 0 saturated carbocycles. The second-order valence-corrected chi connectivity index (χ2v) is 8.24. The maximum atomic E-state index is 13.0. The fourth-order valence-corrected chi connectivity index (χ4v) is 3.03. The lowest BCUT2D eigenvalue weighted by Gasteiger charge is -2.33. The molecule has 2 aromatic rings. The summed E-state index contributed by atoms with van der Waals surface area (Å²) in [5, 5.41) is 2.68. The van der Waals surface area contributed by atoms with Crippen molar-refractivity contribution in [1.82, 2.24) is 20.8 Å². The fourth-order valence-electron chi connectivity index (χ4n) is 3.03. The molecule has 3 N–H and O–H groups in total. The zero-order valence-electron chi connectivity index (χ0n) is 16.0. The number of aromatic nitrogens is 2. The third-order valence-electron chi connectivity index (χ3n) is 3.58. The van der Waals surface area contributed by atoms with E-state index in [1.165, 1.54) is 6.07 Å². The summed E-state index contributed by atoms with van der Waals surface area (Å²) in [4.78, 5) is 19.2. The summed E-state index contributed by atoms with van der Waals surface area (Å²) in [6.45, 7) is 10.0. The molecule has 0 aliphatic rings. The molecule has 0 atom stereocenters. The molecule has 0 fully saturated rings.